The van der Waals surface area contributed by atoms with Gasteiger partial charge in [-0.3, -0.25) is 9.78 Å². The molecular formula is C22H30ClN3O. The Hall–Kier alpha value is -1.91. The highest BCUT2D eigenvalue weighted by Crippen LogP contribution is 2.19. The van der Waals surface area contributed by atoms with Crippen molar-refractivity contribution < 1.29 is 4.79 Å². The van der Waals surface area contributed by atoms with E-state index in [4.69, 9.17) is 0 Å². The predicted octanol–water partition coefficient (Wildman–Crippen LogP) is 3.83. The van der Waals surface area contributed by atoms with Crippen LogP contribution in [-0.2, 0) is 17.8 Å². The molecule has 0 spiro atoms. The second-order valence-corrected chi connectivity index (χ2v) is 7.28. The van der Waals surface area contributed by atoms with Crippen LogP contribution in [0.1, 0.15) is 41.6 Å². The molecule has 0 radical (unpaired) electrons. The van der Waals surface area contributed by atoms with Crippen LogP contribution in [0, 0.1) is 13.8 Å². The molecule has 2 aromatic rings. The van der Waals surface area contributed by atoms with Crippen molar-refractivity contribution in [1.29, 1.82) is 0 Å². The maximum atomic E-state index is 13.3. The highest BCUT2D eigenvalue weighted by molar-refractivity contribution is 5.85. The van der Waals surface area contributed by atoms with Crippen molar-refractivity contribution in [2.24, 2.45) is 0 Å². The SMILES string of the molecule is Cc1ccc(C)c(CC(=O)N(Cc2ccccn2)C2CCCNCC2)c1.Cl. The van der Waals surface area contributed by atoms with Gasteiger partial charge in [0.1, 0.15) is 0 Å². The summed E-state index contributed by atoms with van der Waals surface area (Å²) in [6.07, 6.45) is 5.44. The van der Waals surface area contributed by atoms with E-state index in [1.165, 1.54) is 11.1 Å². The summed E-state index contributed by atoms with van der Waals surface area (Å²) < 4.78 is 0. The van der Waals surface area contributed by atoms with Crippen molar-refractivity contribution in [2.45, 2.75) is 52.1 Å². The number of hydrogen-bond donors (Lipinski definition) is 1. The number of carbonyl (C=O) groups excluding carboxylic acids is 1. The number of carbonyl (C=O) groups is 1. The van der Waals surface area contributed by atoms with Crippen LogP contribution < -0.4 is 5.32 Å². The highest BCUT2D eigenvalue weighted by Gasteiger charge is 2.25. The summed E-state index contributed by atoms with van der Waals surface area (Å²) in [4.78, 5) is 19.8. The molecule has 4 nitrogen and oxygen atoms in total. The Morgan fingerprint density at radius 3 is 2.81 bits per heavy atom. The van der Waals surface area contributed by atoms with E-state index in [1.807, 2.05) is 18.2 Å². The van der Waals surface area contributed by atoms with Gasteiger partial charge in [0.25, 0.3) is 0 Å². The van der Waals surface area contributed by atoms with Gasteiger partial charge in [0, 0.05) is 12.2 Å². The van der Waals surface area contributed by atoms with E-state index in [9.17, 15) is 4.79 Å². The molecule has 1 N–H and O–H groups in total. The van der Waals surface area contributed by atoms with Crippen LogP contribution >= 0.6 is 12.4 Å². The molecule has 1 aromatic carbocycles. The number of aromatic nitrogens is 1. The molecule has 1 unspecified atom stereocenters. The summed E-state index contributed by atoms with van der Waals surface area (Å²) in [5.74, 6) is 0.205. The molecule has 1 aromatic heterocycles. The van der Waals surface area contributed by atoms with E-state index in [1.54, 1.807) is 6.20 Å². The van der Waals surface area contributed by atoms with E-state index in [-0.39, 0.29) is 24.4 Å². The fourth-order valence-corrected chi connectivity index (χ4v) is 3.65. The van der Waals surface area contributed by atoms with Gasteiger partial charge in [0.05, 0.1) is 18.7 Å². The van der Waals surface area contributed by atoms with Gasteiger partial charge in [0.15, 0.2) is 0 Å². The van der Waals surface area contributed by atoms with E-state index >= 15 is 0 Å². The second kappa shape index (κ2) is 10.4. The Kier molecular flexibility index (Phi) is 8.26. The zero-order chi connectivity index (χ0) is 18.4. The van der Waals surface area contributed by atoms with Crippen LogP contribution in [0.3, 0.4) is 0 Å². The maximum absolute atomic E-state index is 13.3. The standard InChI is InChI=1S/C22H29N3O.ClH/c1-17-8-9-18(2)19(14-17)15-22(26)25(16-20-6-3-4-12-24-20)21-7-5-11-23-13-10-21;/h3-4,6,8-9,12,14,21,23H,5,7,10-11,13,15-16H2,1-2H3;1H. The summed E-state index contributed by atoms with van der Waals surface area (Å²) in [7, 11) is 0. The van der Waals surface area contributed by atoms with Crippen molar-refractivity contribution in [2.75, 3.05) is 13.1 Å². The molecule has 27 heavy (non-hydrogen) atoms. The molecule has 1 atom stereocenters. The molecule has 1 amide bonds. The third kappa shape index (κ3) is 6.05. The van der Waals surface area contributed by atoms with Crippen molar-refractivity contribution in [3.8, 4) is 0 Å². The summed E-state index contributed by atoms with van der Waals surface area (Å²) in [6, 6.07) is 12.5. The normalized spacial score (nSPS) is 16.9. The van der Waals surface area contributed by atoms with Crippen LogP contribution in [0.5, 0.6) is 0 Å². The van der Waals surface area contributed by atoms with Gasteiger partial charge >= 0.3 is 0 Å². The molecule has 146 valence electrons. The molecule has 1 aliphatic heterocycles. The van der Waals surface area contributed by atoms with E-state index in [0.717, 1.165) is 43.6 Å². The molecule has 1 fully saturated rings. The van der Waals surface area contributed by atoms with E-state index in [0.29, 0.717) is 13.0 Å². The lowest BCUT2D eigenvalue weighted by Gasteiger charge is -2.31. The Labute approximate surface area is 168 Å². The Bertz CT molecular complexity index is 728. The topological polar surface area (TPSA) is 45.2 Å². The van der Waals surface area contributed by atoms with Crippen molar-refractivity contribution >= 4 is 18.3 Å². The third-order valence-electron chi connectivity index (χ3n) is 5.21. The molecular weight excluding hydrogens is 358 g/mol. The van der Waals surface area contributed by atoms with E-state index in [2.05, 4.69) is 47.2 Å². The second-order valence-electron chi connectivity index (χ2n) is 7.28. The van der Waals surface area contributed by atoms with E-state index < -0.39 is 0 Å². The molecule has 0 bridgehead atoms. The smallest absolute Gasteiger partial charge is 0.227 e. The van der Waals surface area contributed by atoms with Gasteiger partial charge in [-0.2, -0.15) is 0 Å². The summed E-state index contributed by atoms with van der Waals surface area (Å²) in [6.45, 7) is 6.77. The molecule has 1 aliphatic rings. The van der Waals surface area contributed by atoms with Crippen LogP contribution in [0.25, 0.3) is 0 Å². The minimum Gasteiger partial charge on any atom is -0.333 e. The number of amides is 1. The highest BCUT2D eigenvalue weighted by atomic mass is 35.5. The first-order chi connectivity index (χ1) is 12.6. The number of nitrogens with zero attached hydrogens (tertiary/aromatic N) is 2. The monoisotopic (exact) mass is 387 g/mol. The first-order valence-electron chi connectivity index (χ1n) is 9.59. The lowest BCUT2D eigenvalue weighted by molar-refractivity contribution is -0.133. The van der Waals surface area contributed by atoms with Crippen LogP contribution in [0.4, 0.5) is 0 Å². The lowest BCUT2D eigenvalue weighted by atomic mass is 10.0. The molecule has 0 aliphatic carbocycles. The third-order valence-corrected chi connectivity index (χ3v) is 5.21. The Morgan fingerprint density at radius 1 is 1.19 bits per heavy atom. The van der Waals surface area contributed by atoms with Gasteiger partial charge in [-0.1, -0.05) is 29.8 Å². The fraction of sp³-hybridized carbons (Fsp3) is 0.455. The zero-order valence-corrected chi connectivity index (χ0v) is 17.1. The van der Waals surface area contributed by atoms with Gasteiger partial charge < -0.3 is 10.2 Å². The van der Waals surface area contributed by atoms with Crippen molar-refractivity contribution in [3.05, 3.63) is 65.0 Å². The van der Waals surface area contributed by atoms with Crippen LogP contribution in [-0.4, -0.2) is 34.9 Å². The molecule has 3 rings (SSSR count). The molecule has 1 saturated heterocycles. The maximum Gasteiger partial charge on any atom is 0.227 e. The number of aryl methyl sites for hydroxylation is 2. The zero-order valence-electron chi connectivity index (χ0n) is 16.3. The van der Waals surface area contributed by atoms with Crippen LogP contribution in [0.15, 0.2) is 42.6 Å². The Balaban J connectivity index is 0.00000261. The number of nitrogens with one attached hydrogen (secondary N) is 1. The summed E-state index contributed by atoms with van der Waals surface area (Å²) in [5, 5.41) is 3.45. The minimum absolute atomic E-state index is 0. The predicted molar refractivity (Wildman–Crippen MR) is 112 cm³/mol. The number of hydrogen-bond acceptors (Lipinski definition) is 3. The summed E-state index contributed by atoms with van der Waals surface area (Å²) in [5.41, 5.74) is 4.48. The number of halogens is 1. The first-order valence-corrected chi connectivity index (χ1v) is 9.59. The van der Waals surface area contributed by atoms with Gasteiger partial charge in [0.2, 0.25) is 5.91 Å². The molecule has 0 saturated carbocycles. The number of pyridine rings is 1. The number of benzene rings is 1. The van der Waals surface area contributed by atoms with Gasteiger partial charge in [-0.25, -0.2) is 0 Å². The quantitative estimate of drug-likeness (QED) is 0.847. The average Bonchev–Trinajstić information content (AvgIpc) is 2.93. The number of rotatable bonds is 5. The fourth-order valence-electron chi connectivity index (χ4n) is 3.65. The lowest BCUT2D eigenvalue weighted by Crippen LogP contribution is -2.41. The molecule has 5 heteroatoms. The average molecular weight is 388 g/mol. The minimum atomic E-state index is 0. The first kappa shape index (κ1) is 21.4. The van der Waals surface area contributed by atoms with Crippen LogP contribution in [0.2, 0.25) is 0 Å². The van der Waals surface area contributed by atoms with Crippen molar-refractivity contribution in [3.63, 3.8) is 0 Å². The summed E-state index contributed by atoms with van der Waals surface area (Å²) >= 11 is 0. The largest absolute Gasteiger partial charge is 0.333 e. The van der Waals surface area contributed by atoms with Gasteiger partial charge in [-0.05, 0) is 69.5 Å². The molecule has 2 heterocycles. The Morgan fingerprint density at radius 2 is 2.04 bits per heavy atom. The van der Waals surface area contributed by atoms with Gasteiger partial charge in [-0.15, -0.1) is 12.4 Å². The van der Waals surface area contributed by atoms with Crippen molar-refractivity contribution in [1.82, 2.24) is 15.2 Å².